The molecule has 0 saturated heterocycles. The van der Waals surface area contributed by atoms with Crippen molar-refractivity contribution in [1.82, 2.24) is 9.38 Å². The van der Waals surface area contributed by atoms with Crippen molar-refractivity contribution in [2.24, 2.45) is 0 Å². The van der Waals surface area contributed by atoms with Crippen molar-refractivity contribution in [3.05, 3.63) is 69.8 Å². The van der Waals surface area contributed by atoms with E-state index in [9.17, 15) is 9.59 Å². The van der Waals surface area contributed by atoms with Crippen LogP contribution in [0.5, 0.6) is 0 Å². The minimum atomic E-state index is -0.471. The molecule has 0 aliphatic heterocycles. The predicted octanol–water partition coefficient (Wildman–Crippen LogP) is 3.26. The van der Waals surface area contributed by atoms with Crippen molar-refractivity contribution in [2.75, 3.05) is 10.6 Å². The van der Waals surface area contributed by atoms with Gasteiger partial charge in [-0.2, -0.15) is 0 Å². The number of benzene rings is 1. The lowest BCUT2D eigenvalue weighted by atomic mass is 10.1. The molecule has 2 heterocycles. The Morgan fingerprint density at radius 2 is 1.83 bits per heavy atom. The minimum Gasteiger partial charge on any atom is -0.307 e. The van der Waals surface area contributed by atoms with Gasteiger partial charge in [0.15, 0.2) is 0 Å². The number of carbonyl (C=O) groups is 1. The zero-order valence-corrected chi connectivity index (χ0v) is 13.8. The van der Waals surface area contributed by atoms with E-state index in [4.69, 9.17) is 0 Å². The summed E-state index contributed by atoms with van der Waals surface area (Å²) in [5, 5.41) is 5.40. The largest absolute Gasteiger partial charge is 0.323 e. The van der Waals surface area contributed by atoms with E-state index in [-0.39, 0.29) is 11.2 Å². The zero-order chi connectivity index (χ0) is 17.3. The Bertz CT molecular complexity index is 992. The van der Waals surface area contributed by atoms with Gasteiger partial charge in [-0.1, -0.05) is 18.2 Å². The Hall–Kier alpha value is -3.15. The number of aryl methyl sites for hydroxylation is 2. The van der Waals surface area contributed by atoms with Crippen molar-refractivity contribution >= 4 is 23.1 Å². The number of carbonyl (C=O) groups excluding carboxylic acids is 1. The van der Waals surface area contributed by atoms with E-state index in [0.717, 1.165) is 11.1 Å². The molecule has 0 spiro atoms. The summed E-state index contributed by atoms with van der Waals surface area (Å²) in [5.41, 5.74) is 3.65. The van der Waals surface area contributed by atoms with Crippen LogP contribution < -0.4 is 16.2 Å². The molecule has 1 aromatic carbocycles. The molecule has 0 bridgehead atoms. The van der Waals surface area contributed by atoms with Crippen molar-refractivity contribution in [2.45, 2.75) is 20.8 Å². The minimum absolute atomic E-state index is 0.168. The maximum atomic E-state index is 12.5. The fourth-order valence-corrected chi connectivity index (χ4v) is 2.50. The third-order valence-corrected chi connectivity index (χ3v) is 4.01. The van der Waals surface area contributed by atoms with Crippen LogP contribution in [0.1, 0.15) is 16.8 Å². The summed E-state index contributed by atoms with van der Waals surface area (Å²) >= 11 is 0. The molecule has 6 heteroatoms. The van der Waals surface area contributed by atoms with Gasteiger partial charge in [0.05, 0.1) is 5.69 Å². The van der Waals surface area contributed by atoms with Crippen LogP contribution in [0, 0.1) is 20.8 Å². The first-order valence-electron chi connectivity index (χ1n) is 7.59. The number of nitrogens with one attached hydrogen (secondary N) is 2. The predicted molar refractivity (Wildman–Crippen MR) is 94.8 cm³/mol. The van der Waals surface area contributed by atoms with Crippen molar-refractivity contribution < 1.29 is 4.79 Å². The van der Waals surface area contributed by atoms with E-state index in [1.165, 1.54) is 4.40 Å². The first-order chi connectivity index (χ1) is 11.5. The highest BCUT2D eigenvalue weighted by atomic mass is 16.2. The molecule has 3 aromatic rings. The van der Waals surface area contributed by atoms with Gasteiger partial charge in [0, 0.05) is 11.9 Å². The van der Waals surface area contributed by atoms with Crippen molar-refractivity contribution in [3.8, 4) is 0 Å². The molecule has 6 nitrogen and oxygen atoms in total. The highest BCUT2D eigenvalue weighted by Crippen LogP contribution is 2.18. The van der Waals surface area contributed by atoms with Crippen molar-refractivity contribution in [3.63, 3.8) is 0 Å². The van der Waals surface area contributed by atoms with E-state index in [0.29, 0.717) is 17.0 Å². The van der Waals surface area contributed by atoms with E-state index in [1.807, 2.05) is 38.1 Å². The topological polar surface area (TPSA) is 75.5 Å². The molecule has 0 unspecified atom stereocenters. The summed E-state index contributed by atoms with van der Waals surface area (Å²) in [5.74, 6) is 0. The monoisotopic (exact) mass is 322 g/mol. The Morgan fingerprint density at radius 1 is 1.04 bits per heavy atom. The van der Waals surface area contributed by atoms with Gasteiger partial charge in [-0.25, -0.2) is 9.78 Å². The van der Waals surface area contributed by atoms with Crippen LogP contribution in [-0.2, 0) is 0 Å². The third kappa shape index (κ3) is 2.86. The number of aromatic nitrogens is 2. The Morgan fingerprint density at radius 3 is 2.62 bits per heavy atom. The van der Waals surface area contributed by atoms with Crippen LogP contribution in [0.2, 0.25) is 0 Å². The van der Waals surface area contributed by atoms with Gasteiger partial charge in [0.1, 0.15) is 11.3 Å². The lowest BCUT2D eigenvalue weighted by molar-refractivity contribution is 0.262. The fraction of sp³-hybridized carbons (Fsp3) is 0.167. The summed E-state index contributed by atoms with van der Waals surface area (Å²) in [6.07, 6.45) is 1.62. The van der Waals surface area contributed by atoms with E-state index >= 15 is 0 Å². The van der Waals surface area contributed by atoms with Gasteiger partial charge in [0.2, 0.25) is 0 Å². The van der Waals surface area contributed by atoms with Gasteiger partial charge < -0.3 is 10.6 Å². The van der Waals surface area contributed by atoms with Gasteiger partial charge >= 0.3 is 6.03 Å². The first kappa shape index (κ1) is 15.7. The SMILES string of the molecule is Cc1cccc(NC(=O)Nc2c(C)nc3ccccn3c2=O)c1C. The zero-order valence-electron chi connectivity index (χ0n) is 13.8. The second-order valence-electron chi connectivity index (χ2n) is 5.63. The highest BCUT2D eigenvalue weighted by Gasteiger charge is 2.13. The van der Waals surface area contributed by atoms with Crippen LogP contribution in [0.3, 0.4) is 0 Å². The fourth-order valence-electron chi connectivity index (χ4n) is 2.50. The average molecular weight is 322 g/mol. The second-order valence-corrected chi connectivity index (χ2v) is 5.63. The molecule has 2 aromatic heterocycles. The second kappa shape index (κ2) is 6.16. The number of hydrogen-bond acceptors (Lipinski definition) is 3. The summed E-state index contributed by atoms with van der Waals surface area (Å²) in [7, 11) is 0. The Balaban J connectivity index is 1.91. The van der Waals surface area contributed by atoms with Crippen LogP contribution in [0.15, 0.2) is 47.4 Å². The molecule has 0 aliphatic carbocycles. The number of hydrogen-bond donors (Lipinski definition) is 2. The van der Waals surface area contributed by atoms with Crippen LogP contribution >= 0.6 is 0 Å². The molecule has 0 aliphatic rings. The van der Waals surface area contributed by atoms with E-state index < -0.39 is 6.03 Å². The average Bonchev–Trinajstić information content (AvgIpc) is 2.56. The smallest absolute Gasteiger partial charge is 0.307 e. The van der Waals surface area contributed by atoms with Gasteiger partial charge in [-0.3, -0.25) is 9.20 Å². The number of fused-ring (bicyclic) bond motifs is 1. The van der Waals surface area contributed by atoms with Gasteiger partial charge in [0.25, 0.3) is 5.56 Å². The maximum Gasteiger partial charge on any atom is 0.323 e. The van der Waals surface area contributed by atoms with Gasteiger partial charge in [-0.05, 0) is 50.1 Å². The summed E-state index contributed by atoms with van der Waals surface area (Å²) in [6, 6.07) is 10.5. The molecule has 122 valence electrons. The van der Waals surface area contributed by atoms with E-state index in [2.05, 4.69) is 15.6 Å². The van der Waals surface area contributed by atoms with Crippen LogP contribution in [0.25, 0.3) is 5.65 Å². The third-order valence-electron chi connectivity index (χ3n) is 4.01. The normalized spacial score (nSPS) is 10.6. The van der Waals surface area contributed by atoms with Gasteiger partial charge in [-0.15, -0.1) is 0 Å². The number of urea groups is 1. The molecule has 2 amide bonds. The highest BCUT2D eigenvalue weighted by molar-refractivity contribution is 6.00. The molecular formula is C18H18N4O2. The Labute approximate surface area is 139 Å². The molecule has 0 fully saturated rings. The number of rotatable bonds is 2. The lowest BCUT2D eigenvalue weighted by Crippen LogP contribution is -2.28. The maximum absolute atomic E-state index is 12.5. The summed E-state index contributed by atoms with van der Waals surface area (Å²) in [6.45, 7) is 5.60. The summed E-state index contributed by atoms with van der Waals surface area (Å²) in [4.78, 5) is 29.2. The molecular weight excluding hydrogens is 304 g/mol. The quantitative estimate of drug-likeness (QED) is 0.760. The number of pyridine rings is 1. The molecule has 0 saturated carbocycles. The van der Waals surface area contributed by atoms with E-state index in [1.54, 1.807) is 25.3 Å². The molecule has 3 rings (SSSR count). The number of nitrogens with zero attached hydrogens (tertiary/aromatic N) is 2. The molecule has 0 radical (unpaired) electrons. The number of amides is 2. The Kier molecular flexibility index (Phi) is 4.04. The molecule has 2 N–H and O–H groups in total. The van der Waals surface area contributed by atoms with Crippen molar-refractivity contribution in [1.29, 1.82) is 0 Å². The standard InChI is InChI=1S/C18H18N4O2/c1-11-7-6-8-14(12(11)2)20-18(24)21-16-13(3)19-15-9-4-5-10-22(15)17(16)23/h4-10H,1-3H3,(H2,20,21,24). The number of anilines is 2. The van der Waals surface area contributed by atoms with Crippen LogP contribution in [-0.4, -0.2) is 15.4 Å². The first-order valence-corrected chi connectivity index (χ1v) is 7.59. The molecule has 24 heavy (non-hydrogen) atoms. The van der Waals surface area contributed by atoms with Crippen LogP contribution in [0.4, 0.5) is 16.2 Å². The summed E-state index contributed by atoms with van der Waals surface area (Å²) < 4.78 is 1.40. The molecule has 0 atom stereocenters. The lowest BCUT2D eigenvalue weighted by Gasteiger charge is -2.12.